The molecular formula is C11H22OS. The van der Waals surface area contributed by atoms with Gasteiger partial charge in [0, 0.05) is 5.75 Å². The second kappa shape index (κ2) is 6.72. The van der Waals surface area contributed by atoms with Crippen molar-refractivity contribution in [2.75, 3.05) is 11.5 Å². The van der Waals surface area contributed by atoms with Crippen molar-refractivity contribution in [3.8, 4) is 0 Å². The highest BCUT2D eigenvalue weighted by molar-refractivity contribution is 7.99. The predicted molar refractivity (Wildman–Crippen MR) is 60.2 cm³/mol. The monoisotopic (exact) mass is 202 g/mol. The average molecular weight is 202 g/mol. The zero-order valence-electron chi connectivity index (χ0n) is 8.67. The lowest BCUT2D eigenvalue weighted by Crippen LogP contribution is -2.25. The maximum atomic E-state index is 9.88. The van der Waals surface area contributed by atoms with Crippen LogP contribution in [0.3, 0.4) is 0 Å². The van der Waals surface area contributed by atoms with Gasteiger partial charge in [-0.05, 0) is 30.9 Å². The normalized spacial score (nSPS) is 21.7. The van der Waals surface area contributed by atoms with Crippen LogP contribution in [0.15, 0.2) is 0 Å². The molecule has 1 aliphatic carbocycles. The van der Waals surface area contributed by atoms with Crippen LogP contribution in [0.5, 0.6) is 0 Å². The standard InChI is InChI=1S/C11H22OS/c1-2-8-13-9-11(12)10-6-4-3-5-7-10/h10-12H,2-9H2,1H3. The first-order valence-corrected chi connectivity index (χ1v) is 6.76. The molecule has 0 heterocycles. The highest BCUT2D eigenvalue weighted by atomic mass is 32.2. The lowest BCUT2D eigenvalue weighted by Gasteiger charge is -2.26. The average Bonchev–Trinajstić information content (AvgIpc) is 2.19. The van der Waals surface area contributed by atoms with E-state index in [1.54, 1.807) is 0 Å². The largest absolute Gasteiger partial charge is 0.392 e. The van der Waals surface area contributed by atoms with Crippen LogP contribution >= 0.6 is 11.8 Å². The van der Waals surface area contributed by atoms with Gasteiger partial charge in [0.05, 0.1) is 6.10 Å². The van der Waals surface area contributed by atoms with Crippen molar-refractivity contribution in [3.05, 3.63) is 0 Å². The third-order valence-electron chi connectivity index (χ3n) is 2.83. The first kappa shape index (κ1) is 11.4. The second-order valence-corrected chi connectivity index (χ2v) is 5.19. The molecule has 0 aliphatic heterocycles. The Morgan fingerprint density at radius 3 is 2.62 bits per heavy atom. The SMILES string of the molecule is CCCSCC(O)C1CCCCC1. The van der Waals surface area contributed by atoms with Crippen LogP contribution in [0.4, 0.5) is 0 Å². The Bertz CT molecular complexity index is 121. The summed E-state index contributed by atoms with van der Waals surface area (Å²) in [5.41, 5.74) is 0. The van der Waals surface area contributed by atoms with Gasteiger partial charge in [-0.2, -0.15) is 11.8 Å². The van der Waals surface area contributed by atoms with Crippen LogP contribution in [-0.2, 0) is 0 Å². The highest BCUT2D eigenvalue weighted by Crippen LogP contribution is 2.27. The summed E-state index contributed by atoms with van der Waals surface area (Å²) in [6, 6.07) is 0. The van der Waals surface area contributed by atoms with Gasteiger partial charge in [0.1, 0.15) is 0 Å². The quantitative estimate of drug-likeness (QED) is 0.691. The van der Waals surface area contributed by atoms with Gasteiger partial charge in [-0.3, -0.25) is 0 Å². The van der Waals surface area contributed by atoms with Gasteiger partial charge in [-0.1, -0.05) is 26.2 Å². The lowest BCUT2D eigenvalue weighted by molar-refractivity contribution is 0.105. The fourth-order valence-electron chi connectivity index (χ4n) is 2.00. The number of aliphatic hydroxyl groups is 1. The van der Waals surface area contributed by atoms with E-state index < -0.39 is 0 Å². The molecule has 1 nitrogen and oxygen atoms in total. The molecule has 0 bridgehead atoms. The van der Waals surface area contributed by atoms with Crippen molar-refractivity contribution in [2.24, 2.45) is 5.92 Å². The van der Waals surface area contributed by atoms with Crippen LogP contribution in [0, 0.1) is 5.92 Å². The van der Waals surface area contributed by atoms with Gasteiger partial charge in [0.25, 0.3) is 0 Å². The minimum absolute atomic E-state index is 0.0307. The first-order chi connectivity index (χ1) is 6.34. The molecule has 1 N–H and O–H groups in total. The van der Waals surface area contributed by atoms with Crippen molar-refractivity contribution >= 4 is 11.8 Å². The molecule has 1 atom stereocenters. The summed E-state index contributed by atoms with van der Waals surface area (Å²) in [6.07, 6.45) is 7.76. The molecule has 1 saturated carbocycles. The number of hydrogen-bond donors (Lipinski definition) is 1. The minimum atomic E-state index is -0.0307. The molecule has 0 aromatic carbocycles. The van der Waals surface area contributed by atoms with Crippen LogP contribution < -0.4 is 0 Å². The lowest BCUT2D eigenvalue weighted by atomic mass is 9.86. The maximum absolute atomic E-state index is 9.88. The zero-order valence-corrected chi connectivity index (χ0v) is 9.48. The molecule has 0 radical (unpaired) electrons. The van der Waals surface area contributed by atoms with E-state index in [9.17, 15) is 5.11 Å². The Hall–Kier alpha value is 0.310. The van der Waals surface area contributed by atoms with Gasteiger partial charge >= 0.3 is 0 Å². The van der Waals surface area contributed by atoms with Crippen molar-refractivity contribution in [2.45, 2.75) is 51.6 Å². The van der Waals surface area contributed by atoms with E-state index in [1.807, 2.05) is 11.8 Å². The Kier molecular flexibility index (Phi) is 5.88. The summed E-state index contributed by atoms with van der Waals surface area (Å²) in [4.78, 5) is 0. The first-order valence-electron chi connectivity index (χ1n) is 5.60. The summed E-state index contributed by atoms with van der Waals surface area (Å²) in [6.45, 7) is 2.19. The summed E-state index contributed by atoms with van der Waals surface area (Å²) in [5.74, 6) is 2.76. The van der Waals surface area contributed by atoms with Crippen LogP contribution in [0.1, 0.15) is 45.4 Å². The smallest absolute Gasteiger partial charge is 0.0658 e. The van der Waals surface area contributed by atoms with Gasteiger partial charge in [-0.15, -0.1) is 0 Å². The second-order valence-electron chi connectivity index (χ2n) is 4.04. The van der Waals surface area contributed by atoms with Crippen molar-refractivity contribution in [1.82, 2.24) is 0 Å². The third-order valence-corrected chi connectivity index (χ3v) is 4.11. The zero-order chi connectivity index (χ0) is 9.52. The fraction of sp³-hybridized carbons (Fsp3) is 1.00. The summed E-state index contributed by atoms with van der Waals surface area (Å²) >= 11 is 1.90. The number of hydrogen-bond acceptors (Lipinski definition) is 2. The van der Waals surface area contributed by atoms with E-state index in [1.165, 1.54) is 44.3 Å². The molecule has 0 spiro atoms. The van der Waals surface area contributed by atoms with E-state index in [-0.39, 0.29) is 6.10 Å². The number of thioether (sulfide) groups is 1. The molecule has 1 fully saturated rings. The van der Waals surface area contributed by atoms with Crippen molar-refractivity contribution < 1.29 is 5.11 Å². The van der Waals surface area contributed by atoms with Crippen LogP contribution in [-0.4, -0.2) is 22.7 Å². The molecule has 13 heavy (non-hydrogen) atoms. The van der Waals surface area contributed by atoms with E-state index >= 15 is 0 Å². The number of aliphatic hydroxyl groups excluding tert-OH is 1. The Labute approximate surface area is 86.3 Å². The molecule has 0 aromatic rings. The van der Waals surface area contributed by atoms with Crippen LogP contribution in [0.2, 0.25) is 0 Å². The topological polar surface area (TPSA) is 20.2 Å². The Morgan fingerprint density at radius 1 is 1.31 bits per heavy atom. The van der Waals surface area contributed by atoms with Gasteiger partial charge in [-0.25, -0.2) is 0 Å². The molecule has 2 heteroatoms. The van der Waals surface area contributed by atoms with Gasteiger partial charge in [0.2, 0.25) is 0 Å². The molecule has 1 unspecified atom stereocenters. The summed E-state index contributed by atoms with van der Waals surface area (Å²) in [5, 5.41) is 9.88. The van der Waals surface area contributed by atoms with E-state index in [2.05, 4.69) is 6.92 Å². The summed E-state index contributed by atoms with van der Waals surface area (Å²) < 4.78 is 0. The molecule has 1 aliphatic rings. The van der Waals surface area contributed by atoms with E-state index in [0.717, 1.165) is 5.75 Å². The molecule has 78 valence electrons. The minimum Gasteiger partial charge on any atom is -0.392 e. The van der Waals surface area contributed by atoms with Gasteiger partial charge < -0.3 is 5.11 Å². The maximum Gasteiger partial charge on any atom is 0.0658 e. The Morgan fingerprint density at radius 2 is 2.00 bits per heavy atom. The molecule has 0 aromatic heterocycles. The van der Waals surface area contributed by atoms with Crippen molar-refractivity contribution in [3.63, 3.8) is 0 Å². The van der Waals surface area contributed by atoms with E-state index in [0.29, 0.717) is 5.92 Å². The van der Waals surface area contributed by atoms with Crippen molar-refractivity contribution in [1.29, 1.82) is 0 Å². The number of rotatable bonds is 5. The molecule has 0 saturated heterocycles. The molecule has 0 amide bonds. The highest BCUT2D eigenvalue weighted by Gasteiger charge is 2.20. The van der Waals surface area contributed by atoms with Gasteiger partial charge in [0.15, 0.2) is 0 Å². The molecule has 1 rings (SSSR count). The summed E-state index contributed by atoms with van der Waals surface area (Å²) in [7, 11) is 0. The Balaban J connectivity index is 2.09. The third kappa shape index (κ3) is 4.37. The fourth-order valence-corrected chi connectivity index (χ4v) is 2.97. The van der Waals surface area contributed by atoms with E-state index in [4.69, 9.17) is 0 Å². The predicted octanol–water partition coefficient (Wildman–Crippen LogP) is 3.07. The van der Waals surface area contributed by atoms with Crippen LogP contribution in [0.25, 0.3) is 0 Å². The molecular weight excluding hydrogens is 180 g/mol.